The van der Waals surface area contributed by atoms with Crippen molar-refractivity contribution in [3.8, 4) is 0 Å². The van der Waals surface area contributed by atoms with Gasteiger partial charge in [0, 0.05) is 25.0 Å². The van der Waals surface area contributed by atoms with Crippen LogP contribution in [0.4, 0.5) is 4.39 Å². The first-order chi connectivity index (χ1) is 10.6. The number of hydrogen-bond donors (Lipinski definition) is 3. The molecule has 1 aliphatic carbocycles. The van der Waals surface area contributed by atoms with Crippen LogP contribution in [0.25, 0.3) is 0 Å². The summed E-state index contributed by atoms with van der Waals surface area (Å²) in [6, 6.07) is 6.99. The van der Waals surface area contributed by atoms with Crippen molar-refractivity contribution in [1.29, 1.82) is 0 Å². The van der Waals surface area contributed by atoms with Crippen LogP contribution in [0, 0.1) is 5.82 Å². The molecule has 1 aromatic carbocycles. The monoisotopic (exact) mass is 378 g/mol. The Morgan fingerprint density at radius 3 is 2.25 bits per heavy atom. The standard InChI is InChI=1S/C18H27FN2O.2ClH/c19-16-6-4-15(5-7-16)17(8-1-2-9-17)12-21-14-18(22)10-3-11-20-13-18;;/h4-7,20-22H,1-3,8-14H2;2*1H. The molecule has 0 amide bonds. The molecule has 6 heteroatoms. The lowest BCUT2D eigenvalue weighted by Gasteiger charge is -2.36. The molecule has 3 nitrogen and oxygen atoms in total. The molecule has 0 bridgehead atoms. The quantitative estimate of drug-likeness (QED) is 0.736. The van der Waals surface area contributed by atoms with Crippen molar-refractivity contribution in [2.75, 3.05) is 26.2 Å². The molecule has 0 aromatic heterocycles. The average molecular weight is 379 g/mol. The summed E-state index contributed by atoms with van der Waals surface area (Å²) in [6.07, 6.45) is 6.62. The van der Waals surface area contributed by atoms with Gasteiger partial charge in [0.2, 0.25) is 0 Å². The Morgan fingerprint density at radius 1 is 1.00 bits per heavy atom. The normalized spacial score (nSPS) is 25.6. The number of hydrogen-bond acceptors (Lipinski definition) is 3. The number of benzene rings is 1. The van der Waals surface area contributed by atoms with Crippen LogP contribution in [0.1, 0.15) is 44.1 Å². The maximum atomic E-state index is 13.2. The predicted octanol–water partition coefficient (Wildman–Crippen LogP) is 3.19. The molecule has 0 spiro atoms. The lowest BCUT2D eigenvalue weighted by Crippen LogP contribution is -2.53. The maximum absolute atomic E-state index is 13.2. The van der Waals surface area contributed by atoms with Gasteiger partial charge < -0.3 is 15.7 Å². The van der Waals surface area contributed by atoms with E-state index in [2.05, 4.69) is 10.6 Å². The minimum atomic E-state index is -0.624. The van der Waals surface area contributed by atoms with Gasteiger partial charge >= 0.3 is 0 Å². The van der Waals surface area contributed by atoms with Gasteiger partial charge in [0.1, 0.15) is 5.82 Å². The van der Waals surface area contributed by atoms with Crippen LogP contribution in [0.2, 0.25) is 0 Å². The number of halogens is 3. The van der Waals surface area contributed by atoms with E-state index in [0.29, 0.717) is 13.1 Å². The fraction of sp³-hybridized carbons (Fsp3) is 0.667. The van der Waals surface area contributed by atoms with Crippen molar-refractivity contribution in [2.45, 2.75) is 49.5 Å². The van der Waals surface area contributed by atoms with Gasteiger partial charge in [-0.2, -0.15) is 0 Å². The lowest BCUT2D eigenvalue weighted by atomic mass is 9.78. The molecule has 138 valence electrons. The Hall–Kier alpha value is -0.390. The number of piperidine rings is 1. The number of β-amino-alcohol motifs (C(OH)–C–C–N with tert-alkyl or cyclic N) is 1. The second kappa shape index (κ2) is 9.35. The highest BCUT2D eigenvalue weighted by molar-refractivity contribution is 5.85. The third-order valence-electron chi connectivity index (χ3n) is 5.38. The molecule has 1 unspecified atom stereocenters. The summed E-state index contributed by atoms with van der Waals surface area (Å²) in [5, 5.41) is 17.3. The molecule has 0 radical (unpaired) electrons. The smallest absolute Gasteiger partial charge is 0.123 e. The van der Waals surface area contributed by atoms with Crippen molar-refractivity contribution < 1.29 is 9.50 Å². The van der Waals surface area contributed by atoms with E-state index in [0.717, 1.165) is 38.8 Å². The Kier molecular flexibility index (Phi) is 8.43. The highest BCUT2D eigenvalue weighted by Crippen LogP contribution is 2.40. The molecule has 1 aliphatic heterocycles. The average Bonchev–Trinajstić information content (AvgIpc) is 2.98. The van der Waals surface area contributed by atoms with Crippen LogP contribution in [0.5, 0.6) is 0 Å². The highest BCUT2D eigenvalue weighted by Gasteiger charge is 2.36. The van der Waals surface area contributed by atoms with Gasteiger partial charge in [0.15, 0.2) is 0 Å². The van der Waals surface area contributed by atoms with Gasteiger partial charge in [-0.05, 0) is 49.9 Å². The van der Waals surface area contributed by atoms with Crippen molar-refractivity contribution in [3.05, 3.63) is 35.6 Å². The molecule has 1 saturated heterocycles. The first kappa shape index (κ1) is 21.7. The van der Waals surface area contributed by atoms with Gasteiger partial charge in [-0.1, -0.05) is 25.0 Å². The molecule has 24 heavy (non-hydrogen) atoms. The summed E-state index contributed by atoms with van der Waals surface area (Å²) in [5.41, 5.74) is 0.708. The number of nitrogens with one attached hydrogen (secondary N) is 2. The Labute approximate surface area is 156 Å². The second-order valence-electron chi connectivity index (χ2n) is 7.10. The summed E-state index contributed by atoms with van der Waals surface area (Å²) in [6.45, 7) is 3.16. The van der Waals surface area contributed by atoms with E-state index >= 15 is 0 Å². The minimum absolute atomic E-state index is 0. The van der Waals surface area contributed by atoms with E-state index < -0.39 is 5.60 Å². The van der Waals surface area contributed by atoms with Gasteiger partial charge in [-0.15, -0.1) is 24.8 Å². The lowest BCUT2D eigenvalue weighted by molar-refractivity contribution is 0.0161. The first-order valence-electron chi connectivity index (χ1n) is 8.52. The van der Waals surface area contributed by atoms with E-state index in [1.807, 2.05) is 12.1 Å². The van der Waals surface area contributed by atoms with Crippen molar-refractivity contribution >= 4 is 24.8 Å². The van der Waals surface area contributed by atoms with Crippen LogP contribution in [-0.4, -0.2) is 36.9 Å². The third-order valence-corrected chi connectivity index (χ3v) is 5.38. The Balaban J connectivity index is 0.00000144. The van der Waals surface area contributed by atoms with E-state index in [1.165, 1.54) is 18.4 Å². The maximum Gasteiger partial charge on any atom is 0.123 e. The Morgan fingerprint density at radius 2 is 1.67 bits per heavy atom. The second-order valence-corrected chi connectivity index (χ2v) is 7.10. The van der Waals surface area contributed by atoms with Crippen molar-refractivity contribution in [2.24, 2.45) is 0 Å². The molecule has 3 N–H and O–H groups in total. The molecule has 1 saturated carbocycles. The number of aliphatic hydroxyl groups is 1. The van der Waals surface area contributed by atoms with E-state index in [4.69, 9.17) is 0 Å². The van der Waals surface area contributed by atoms with Crippen LogP contribution in [0.15, 0.2) is 24.3 Å². The summed E-state index contributed by atoms with van der Waals surface area (Å²) >= 11 is 0. The van der Waals surface area contributed by atoms with Crippen LogP contribution < -0.4 is 10.6 Å². The zero-order valence-corrected chi connectivity index (χ0v) is 15.7. The summed E-state index contributed by atoms with van der Waals surface area (Å²) in [7, 11) is 0. The Bertz CT molecular complexity index is 486. The van der Waals surface area contributed by atoms with Gasteiger partial charge in [0.05, 0.1) is 5.60 Å². The van der Waals surface area contributed by atoms with Crippen LogP contribution in [-0.2, 0) is 5.41 Å². The summed E-state index contributed by atoms with van der Waals surface area (Å²) < 4.78 is 13.2. The first-order valence-corrected chi connectivity index (χ1v) is 8.52. The van der Waals surface area contributed by atoms with Crippen molar-refractivity contribution in [3.63, 3.8) is 0 Å². The van der Waals surface area contributed by atoms with Gasteiger partial charge in [-0.3, -0.25) is 0 Å². The topological polar surface area (TPSA) is 44.3 Å². The van der Waals surface area contributed by atoms with E-state index in [-0.39, 0.29) is 36.0 Å². The fourth-order valence-corrected chi connectivity index (χ4v) is 4.06. The third kappa shape index (κ3) is 5.06. The van der Waals surface area contributed by atoms with Crippen LogP contribution >= 0.6 is 24.8 Å². The molecule has 1 heterocycles. The zero-order chi connectivity index (χ0) is 15.5. The number of rotatable bonds is 5. The largest absolute Gasteiger partial charge is 0.387 e. The molecule has 2 fully saturated rings. The predicted molar refractivity (Wildman–Crippen MR) is 101 cm³/mol. The molecular formula is C18H29Cl2FN2O. The SMILES string of the molecule is Cl.Cl.OC1(CNCC2(c3ccc(F)cc3)CCCC2)CCCNC1. The minimum Gasteiger partial charge on any atom is -0.387 e. The van der Waals surface area contributed by atoms with Gasteiger partial charge in [-0.25, -0.2) is 4.39 Å². The highest BCUT2D eigenvalue weighted by atomic mass is 35.5. The molecule has 1 aromatic rings. The summed E-state index contributed by atoms with van der Waals surface area (Å²) in [5.74, 6) is -0.174. The molecule has 3 rings (SSSR count). The van der Waals surface area contributed by atoms with Gasteiger partial charge in [0.25, 0.3) is 0 Å². The van der Waals surface area contributed by atoms with Crippen LogP contribution in [0.3, 0.4) is 0 Å². The molecular weight excluding hydrogens is 350 g/mol. The van der Waals surface area contributed by atoms with Crippen molar-refractivity contribution in [1.82, 2.24) is 10.6 Å². The van der Waals surface area contributed by atoms with E-state index in [9.17, 15) is 9.50 Å². The molecule has 2 aliphatic rings. The fourth-order valence-electron chi connectivity index (χ4n) is 4.06. The molecule has 1 atom stereocenters. The summed E-state index contributed by atoms with van der Waals surface area (Å²) in [4.78, 5) is 0. The van der Waals surface area contributed by atoms with E-state index in [1.54, 1.807) is 12.1 Å². The zero-order valence-electron chi connectivity index (χ0n) is 14.0.